The highest BCUT2D eigenvalue weighted by molar-refractivity contribution is 6.30. The summed E-state index contributed by atoms with van der Waals surface area (Å²) in [6.45, 7) is 6.55. The van der Waals surface area contributed by atoms with Crippen LogP contribution in [0.25, 0.3) is 11.1 Å². The monoisotopic (exact) mass is 494 g/mol. The lowest BCUT2D eigenvalue weighted by atomic mass is 9.90. The van der Waals surface area contributed by atoms with E-state index >= 15 is 0 Å². The molecule has 184 valence electrons. The molecule has 0 unspecified atom stereocenters. The van der Waals surface area contributed by atoms with Crippen LogP contribution in [0.2, 0.25) is 5.02 Å². The lowest BCUT2D eigenvalue weighted by Gasteiger charge is -2.33. The molecule has 1 aromatic carbocycles. The third-order valence-corrected chi connectivity index (χ3v) is 6.79. The molecule has 0 bridgehead atoms. The largest absolute Gasteiger partial charge is 0.347 e. The van der Waals surface area contributed by atoms with Crippen LogP contribution >= 0.6 is 11.6 Å². The number of likely N-dealkylation sites (tertiary alicyclic amines) is 1. The first-order valence-electron chi connectivity index (χ1n) is 11.8. The van der Waals surface area contributed by atoms with Crippen molar-refractivity contribution < 1.29 is 9.59 Å². The number of amides is 1. The van der Waals surface area contributed by atoms with Gasteiger partial charge < -0.3 is 9.80 Å². The van der Waals surface area contributed by atoms with Crippen molar-refractivity contribution in [2.75, 3.05) is 32.1 Å². The number of halogens is 1. The molecule has 0 spiro atoms. The van der Waals surface area contributed by atoms with Crippen molar-refractivity contribution in [1.82, 2.24) is 24.6 Å². The Morgan fingerprint density at radius 1 is 1.17 bits per heavy atom. The molecule has 9 heteroatoms. The summed E-state index contributed by atoms with van der Waals surface area (Å²) < 4.78 is 1.64. The topological polar surface area (TPSA) is 84.2 Å². The van der Waals surface area contributed by atoms with Gasteiger partial charge in [0, 0.05) is 55.6 Å². The second-order valence-corrected chi connectivity index (χ2v) is 9.75. The minimum atomic E-state index is -0.0353. The Balaban J connectivity index is 1.60. The lowest BCUT2D eigenvalue weighted by molar-refractivity contribution is -0.133. The molecule has 3 heterocycles. The molecule has 0 aliphatic carbocycles. The normalized spacial score (nSPS) is 15.8. The number of piperidine rings is 1. The lowest BCUT2D eigenvalue weighted by Crippen LogP contribution is -2.41. The molecule has 4 rings (SSSR count). The zero-order chi connectivity index (χ0) is 25.3. The number of anilines is 1. The van der Waals surface area contributed by atoms with E-state index in [9.17, 15) is 9.59 Å². The van der Waals surface area contributed by atoms with Crippen molar-refractivity contribution in [1.29, 1.82) is 0 Å². The zero-order valence-electron chi connectivity index (χ0n) is 20.9. The number of Topliss-reactive ketones (excluding diaryl/α,β-unsaturated/α-hetero) is 1. The van der Waals surface area contributed by atoms with Crippen LogP contribution in [0.4, 0.5) is 5.95 Å². The van der Waals surface area contributed by atoms with Crippen molar-refractivity contribution in [3.05, 3.63) is 58.1 Å². The molecule has 35 heavy (non-hydrogen) atoms. The van der Waals surface area contributed by atoms with Gasteiger partial charge in [0.2, 0.25) is 11.9 Å². The number of rotatable bonds is 6. The zero-order valence-corrected chi connectivity index (χ0v) is 21.6. The maximum atomic E-state index is 13.3. The number of aryl methyl sites for hydroxylation is 1. The first kappa shape index (κ1) is 24.9. The van der Waals surface area contributed by atoms with Gasteiger partial charge in [0.25, 0.3) is 0 Å². The van der Waals surface area contributed by atoms with E-state index in [1.54, 1.807) is 11.6 Å². The SMILES string of the molecule is CC(=O)c1c(C)nn(CC(=O)N2CCC[C@@H](c3nc(N(C)C)ncc3-c3ccc(Cl)cc3)C2)c1C. The Morgan fingerprint density at radius 3 is 2.51 bits per heavy atom. The Morgan fingerprint density at radius 2 is 1.89 bits per heavy atom. The van der Waals surface area contributed by atoms with Gasteiger partial charge in [-0.25, -0.2) is 9.97 Å². The fourth-order valence-corrected chi connectivity index (χ4v) is 4.91. The van der Waals surface area contributed by atoms with E-state index in [1.807, 2.05) is 61.3 Å². The van der Waals surface area contributed by atoms with E-state index < -0.39 is 0 Å². The predicted molar refractivity (Wildman–Crippen MR) is 137 cm³/mol. The van der Waals surface area contributed by atoms with Gasteiger partial charge >= 0.3 is 0 Å². The summed E-state index contributed by atoms with van der Waals surface area (Å²) in [5, 5.41) is 5.12. The van der Waals surface area contributed by atoms with Crippen LogP contribution in [0.1, 0.15) is 53.1 Å². The van der Waals surface area contributed by atoms with Crippen LogP contribution in [-0.4, -0.2) is 63.5 Å². The molecule has 3 aromatic rings. The molecule has 1 aliphatic heterocycles. The summed E-state index contributed by atoms with van der Waals surface area (Å²) in [6, 6.07) is 7.67. The summed E-state index contributed by atoms with van der Waals surface area (Å²) in [6.07, 6.45) is 3.68. The van der Waals surface area contributed by atoms with Crippen LogP contribution in [0.15, 0.2) is 30.5 Å². The third-order valence-electron chi connectivity index (χ3n) is 6.54. The number of benzene rings is 1. The van der Waals surface area contributed by atoms with Gasteiger partial charge in [-0.15, -0.1) is 0 Å². The molecule has 1 aliphatic rings. The summed E-state index contributed by atoms with van der Waals surface area (Å²) in [4.78, 5) is 38.5. The highest BCUT2D eigenvalue weighted by Crippen LogP contribution is 2.34. The Hall–Kier alpha value is -3.26. The van der Waals surface area contributed by atoms with Crippen molar-refractivity contribution >= 4 is 29.2 Å². The van der Waals surface area contributed by atoms with Crippen LogP contribution in [-0.2, 0) is 11.3 Å². The maximum Gasteiger partial charge on any atom is 0.244 e. The molecule has 0 saturated carbocycles. The highest BCUT2D eigenvalue weighted by Gasteiger charge is 2.29. The van der Waals surface area contributed by atoms with Crippen molar-refractivity contribution in [3.8, 4) is 11.1 Å². The first-order chi connectivity index (χ1) is 16.7. The summed E-state index contributed by atoms with van der Waals surface area (Å²) >= 11 is 6.11. The molecule has 0 N–H and O–H groups in total. The van der Waals surface area contributed by atoms with E-state index in [2.05, 4.69) is 10.1 Å². The number of carbonyl (C=O) groups excluding carboxylic acids is 2. The third kappa shape index (κ3) is 5.22. The van der Waals surface area contributed by atoms with Crippen molar-refractivity contribution in [2.24, 2.45) is 0 Å². The number of aromatic nitrogens is 4. The molecule has 1 fully saturated rings. The van der Waals surface area contributed by atoms with Gasteiger partial charge in [0.1, 0.15) is 6.54 Å². The number of nitrogens with zero attached hydrogens (tertiary/aromatic N) is 6. The molecular formula is C26H31ClN6O2. The Labute approximate surface area is 210 Å². The van der Waals surface area contributed by atoms with Crippen molar-refractivity contribution in [3.63, 3.8) is 0 Å². The standard InChI is InChI=1S/C26H31ClN6O2/c1-16-24(18(3)34)17(2)33(30-16)15-23(35)32-12-6-7-20(14-32)25-22(13-28-26(29-25)31(4)5)19-8-10-21(27)11-9-19/h8-11,13,20H,6-7,12,14-15H2,1-5H3/t20-/m1/s1. The first-order valence-corrected chi connectivity index (χ1v) is 12.2. The van der Waals surface area contributed by atoms with Crippen LogP contribution < -0.4 is 4.90 Å². The number of ketones is 1. The van der Waals surface area contributed by atoms with Crippen LogP contribution in [0.5, 0.6) is 0 Å². The number of hydrogen-bond acceptors (Lipinski definition) is 6. The molecule has 1 amide bonds. The fourth-order valence-electron chi connectivity index (χ4n) is 4.78. The minimum absolute atomic E-state index is 0.00895. The predicted octanol–water partition coefficient (Wildman–Crippen LogP) is 4.29. The summed E-state index contributed by atoms with van der Waals surface area (Å²) in [5.41, 5.74) is 4.87. The van der Waals surface area contributed by atoms with E-state index in [0.717, 1.165) is 35.4 Å². The number of hydrogen-bond donors (Lipinski definition) is 0. The van der Waals surface area contributed by atoms with E-state index in [1.165, 1.54) is 6.92 Å². The van der Waals surface area contributed by atoms with Gasteiger partial charge in [-0.05, 0) is 51.3 Å². The fraction of sp³-hybridized carbons (Fsp3) is 0.423. The van der Waals surface area contributed by atoms with Gasteiger partial charge in [-0.3, -0.25) is 14.3 Å². The van der Waals surface area contributed by atoms with Gasteiger partial charge in [-0.1, -0.05) is 23.7 Å². The van der Waals surface area contributed by atoms with Gasteiger partial charge in [0.15, 0.2) is 5.78 Å². The Kier molecular flexibility index (Phi) is 7.21. The Bertz CT molecular complexity index is 1250. The molecule has 8 nitrogen and oxygen atoms in total. The van der Waals surface area contributed by atoms with E-state index in [-0.39, 0.29) is 24.2 Å². The second kappa shape index (κ2) is 10.2. The van der Waals surface area contributed by atoms with Crippen molar-refractivity contribution in [2.45, 2.75) is 46.1 Å². The number of carbonyl (C=O) groups is 2. The van der Waals surface area contributed by atoms with Gasteiger partial charge in [-0.2, -0.15) is 5.10 Å². The second-order valence-electron chi connectivity index (χ2n) is 9.31. The average molecular weight is 495 g/mol. The molecule has 0 radical (unpaired) electrons. The van der Waals surface area contributed by atoms with E-state index in [4.69, 9.17) is 16.6 Å². The summed E-state index contributed by atoms with van der Waals surface area (Å²) in [5.74, 6) is 0.672. The van der Waals surface area contributed by atoms with E-state index in [0.29, 0.717) is 35.3 Å². The molecular weight excluding hydrogens is 464 g/mol. The summed E-state index contributed by atoms with van der Waals surface area (Å²) in [7, 11) is 3.84. The average Bonchev–Trinajstić information content (AvgIpc) is 3.11. The quantitative estimate of drug-likeness (QED) is 0.475. The smallest absolute Gasteiger partial charge is 0.244 e. The molecule has 2 aromatic heterocycles. The van der Waals surface area contributed by atoms with Crippen LogP contribution in [0.3, 0.4) is 0 Å². The molecule has 1 saturated heterocycles. The minimum Gasteiger partial charge on any atom is -0.347 e. The maximum absolute atomic E-state index is 13.3. The van der Waals surface area contributed by atoms with Gasteiger partial charge in [0.05, 0.1) is 17.0 Å². The van der Waals surface area contributed by atoms with Crippen LogP contribution in [0, 0.1) is 13.8 Å². The molecule has 1 atom stereocenters. The highest BCUT2D eigenvalue weighted by atomic mass is 35.5.